The number of carbonyl (C=O) groups is 1. The molecule has 0 aromatic heterocycles. The lowest BCUT2D eigenvalue weighted by Crippen LogP contribution is -2.50. The van der Waals surface area contributed by atoms with Crippen LogP contribution in [0.15, 0.2) is 0 Å². The second-order valence-electron chi connectivity index (χ2n) is 6.20. The zero-order chi connectivity index (χ0) is 13.6. The van der Waals surface area contributed by atoms with E-state index in [1.165, 1.54) is 0 Å². The summed E-state index contributed by atoms with van der Waals surface area (Å²) in [6.45, 7) is 9.23. The Morgan fingerprint density at radius 1 is 1.44 bits per heavy atom. The Bertz CT molecular complexity index is 263. The van der Waals surface area contributed by atoms with Gasteiger partial charge in [0, 0.05) is 8.07 Å². The van der Waals surface area contributed by atoms with Gasteiger partial charge in [-0.05, 0) is 37.9 Å². The quantitative estimate of drug-likeness (QED) is 0.522. The number of alkyl carbamates (subject to hydrolysis) is 1. The highest BCUT2D eigenvalue weighted by Gasteiger charge is 2.22. The first-order chi connectivity index (χ1) is 8.38. The molecule has 1 rings (SSSR count). The molecule has 6 heteroatoms. The van der Waals surface area contributed by atoms with Gasteiger partial charge in [0.05, 0.1) is 12.8 Å². The lowest BCUT2D eigenvalue weighted by molar-refractivity contribution is 0.141. The van der Waals surface area contributed by atoms with Crippen molar-refractivity contribution in [2.24, 2.45) is 11.7 Å². The number of ether oxygens (including phenoxy) is 1. The molecular weight excluding hydrogens is 246 g/mol. The number of carbonyl (C=O) groups excluding carboxylic acids is 1. The minimum Gasteiger partial charge on any atom is -0.450 e. The summed E-state index contributed by atoms with van der Waals surface area (Å²) in [5.74, 6) is 0.357. The fourth-order valence-electron chi connectivity index (χ4n) is 1.95. The highest BCUT2D eigenvalue weighted by atomic mass is 28.3. The van der Waals surface area contributed by atoms with Crippen LogP contribution in [0, 0.1) is 5.92 Å². The summed E-state index contributed by atoms with van der Waals surface area (Å²) < 4.78 is 5.17. The second-order valence-corrected chi connectivity index (χ2v) is 11.8. The van der Waals surface area contributed by atoms with Crippen LogP contribution in [0.4, 0.5) is 4.79 Å². The molecule has 1 heterocycles. The van der Waals surface area contributed by atoms with Crippen molar-refractivity contribution in [3.8, 4) is 0 Å². The molecule has 0 saturated carbocycles. The van der Waals surface area contributed by atoms with E-state index in [9.17, 15) is 4.79 Å². The Labute approximate surface area is 111 Å². The van der Waals surface area contributed by atoms with Crippen LogP contribution in [0.2, 0.25) is 25.7 Å². The van der Waals surface area contributed by atoms with Crippen LogP contribution >= 0.6 is 0 Å². The molecule has 0 aromatic carbocycles. The summed E-state index contributed by atoms with van der Waals surface area (Å²) in [5, 5.41) is 6.02. The van der Waals surface area contributed by atoms with Crippen LogP contribution in [0.5, 0.6) is 0 Å². The van der Waals surface area contributed by atoms with E-state index in [0.29, 0.717) is 12.5 Å². The van der Waals surface area contributed by atoms with Crippen LogP contribution in [0.25, 0.3) is 0 Å². The van der Waals surface area contributed by atoms with Gasteiger partial charge in [0.2, 0.25) is 0 Å². The van der Waals surface area contributed by atoms with Gasteiger partial charge in [0.15, 0.2) is 0 Å². The van der Waals surface area contributed by atoms with Crippen molar-refractivity contribution in [2.75, 3.05) is 19.7 Å². The Kier molecular flexibility index (Phi) is 6.11. The summed E-state index contributed by atoms with van der Waals surface area (Å²) in [4.78, 5) is 11.6. The molecule has 4 N–H and O–H groups in total. The van der Waals surface area contributed by atoms with E-state index in [0.717, 1.165) is 32.0 Å². The van der Waals surface area contributed by atoms with Crippen molar-refractivity contribution in [1.82, 2.24) is 10.6 Å². The van der Waals surface area contributed by atoms with Crippen molar-refractivity contribution >= 4 is 14.2 Å². The van der Waals surface area contributed by atoms with E-state index < -0.39 is 8.07 Å². The van der Waals surface area contributed by atoms with Crippen molar-refractivity contribution in [1.29, 1.82) is 0 Å². The minimum absolute atomic E-state index is 0.286. The molecule has 1 atom stereocenters. The molecular formula is C12H27N3O2Si. The number of nitrogens with one attached hydrogen (secondary N) is 2. The number of hydrogen-bond acceptors (Lipinski definition) is 4. The third kappa shape index (κ3) is 6.37. The first-order valence-corrected chi connectivity index (χ1v) is 10.5. The van der Waals surface area contributed by atoms with Gasteiger partial charge in [-0.3, -0.25) is 0 Å². The van der Waals surface area contributed by atoms with E-state index in [1.54, 1.807) is 0 Å². The van der Waals surface area contributed by atoms with E-state index in [-0.39, 0.29) is 12.3 Å². The molecule has 18 heavy (non-hydrogen) atoms. The zero-order valence-electron chi connectivity index (χ0n) is 11.8. The third-order valence-electron chi connectivity index (χ3n) is 3.26. The normalized spacial score (nSPS) is 19.3. The third-order valence-corrected chi connectivity index (χ3v) is 4.97. The molecule has 0 spiro atoms. The molecule has 1 aliphatic heterocycles. The smallest absolute Gasteiger partial charge is 0.408 e. The first-order valence-electron chi connectivity index (χ1n) is 6.78. The molecule has 1 saturated heterocycles. The maximum atomic E-state index is 11.6. The molecule has 1 amide bonds. The summed E-state index contributed by atoms with van der Waals surface area (Å²) in [5.41, 5.74) is 5.98. The Hall–Kier alpha value is -0.593. The highest BCUT2D eigenvalue weighted by Crippen LogP contribution is 2.13. The SMILES string of the molecule is C[Si](C)(C)CCOC(=O)N[C@@H](N)C1CCNCC1. The summed E-state index contributed by atoms with van der Waals surface area (Å²) >= 11 is 0. The van der Waals surface area contributed by atoms with Crippen LogP contribution in [-0.4, -0.2) is 40.0 Å². The lowest BCUT2D eigenvalue weighted by Gasteiger charge is -2.28. The van der Waals surface area contributed by atoms with Crippen molar-refractivity contribution in [3.05, 3.63) is 0 Å². The number of hydrogen-bond donors (Lipinski definition) is 3. The van der Waals surface area contributed by atoms with Crippen molar-refractivity contribution < 1.29 is 9.53 Å². The fraction of sp³-hybridized carbons (Fsp3) is 0.917. The van der Waals surface area contributed by atoms with E-state index in [2.05, 4.69) is 30.3 Å². The second kappa shape index (κ2) is 7.11. The van der Waals surface area contributed by atoms with Crippen LogP contribution in [0.3, 0.4) is 0 Å². The molecule has 0 bridgehead atoms. The van der Waals surface area contributed by atoms with Gasteiger partial charge in [0.1, 0.15) is 0 Å². The van der Waals surface area contributed by atoms with Gasteiger partial charge in [-0.1, -0.05) is 19.6 Å². The van der Waals surface area contributed by atoms with Crippen LogP contribution < -0.4 is 16.4 Å². The molecule has 0 aromatic rings. The van der Waals surface area contributed by atoms with Gasteiger partial charge in [-0.2, -0.15) is 0 Å². The molecule has 1 aliphatic rings. The largest absolute Gasteiger partial charge is 0.450 e. The monoisotopic (exact) mass is 273 g/mol. The Morgan fingerprint density at radius 2 is 2.06 bits per heavy atom. The Balaban J connectivity index is 2.18. The molecule has 1 fully saturated rings. The predicted octanol–water partition coefficient (Wildman–Crippen LogP) is 1.34. The first kappa shape index (κ1) is 15.5. The number of rotatable bonds is 5. The number of piperidine rings is 1. The van der Waals surface area contributed by atoms with E-state index >= 15 is 0 Å². The standard InChI is InChI=1S/C12H27N3O2Si/c1-18(2,3)9-8-17-12(16)15-11(13)10-4-6-14-7-5-10/h10-11,14H,4-9,13H2,1-3H3,(H,15,16)/t11-/m1/s1. The maximum Gasteiger partial charge on any atom is 0.408 e. The molecule has 5 nitrogen and oxygen atoms in total. The highest BCUT2D eigenvalue weighted by molar-refractivity contribution is 6.76. The Morgan fingerprint density at radius 3 is 2.61 bits per heavy atom. The lowest BCUT2D eigenvalue weighted by atomic mass is 9.95. The van der Waals surface area contributed by atoms with E-state index in [4.69, 9.17) is 10.5 Å². The molecule has 106 valence electrons. The summed E-state index contributed by atoms with van der Waals surface area (Å²) in [7, 11) is -1.14. The van der Waals surface area contributed by atoms with Crippen LogP contribution in [-0.2, 0) is 4.74 Å². The van der Waals surface area contributed by atoms with Gasteiger partial charge >= 0.3 is 6.09 Å². The molecule has 0 aliphatic carbocycles. The molecule has 0 radical (unpaired) electrons. The predicted molar refractivity (Wildman–Crippen MR) is 76.2 cm³/mol. The van der Waals surface area contributed by atoms with Gasteiger partial charge in [-0.15, -0.1) is 0 Å². The van der Waals surface area contributed by atoms with Crippen LogP contribution in [0.1, 0.15) is 12.8 Å². The van der Waals surface area contributed by atoms with E-state index in [1.807, 2.05) is 0 Å². The summed E-state index contributed by atoms with van der Waals surface area (Å²) in [6.07, 6.45) is 1.36. The number of nitrogens with two attached hydrogens (primary N) is 1. The summed E-state index contributed by atoms with van der Waals surface area (Å²) in [6, 6.07) is 0.989. The van der Waals surface area contributed by atoms with Crippen molar-refractivity contribution in [2.45, 2.75) is 44.7 Å². The zero-order valence-corrected chi connectivity index (χ0v) is 12.8. The topological polar surface area (TPSA) is 76.4 Å². The average molecular weight is 273 g/mol. The average Bonchev–Trinajstić information content (AvgIpc) is 2.28. The van der Waals surface area contributed by atoms with Crippen molar-refractivity contribution in [3.63, 3.8) is 0 Å². The maximum absolute atomic E-state index is 11.6. The van der Waals surface area contributed by atoms with Gasteiger partial charge < -0.3 is 21.1 Å². The van der Waals surface area contributed by atoms with Gasteiger partial charge in [0.25, 0.3) is 0 Å². The molecule has 0 unspecified atom stereocenters. The fourth-order valence-corrected chi connectivity index (χ4v) is 2.66. The minimum atomic E-state index is -1.14. The van der Waals surface area contributed by atoms with Gasteiger partial charge in [-0.25, -0.2) is 4.79 Å². The number of amides is 1.